The van der Waals surface area contributed by atoms with Crippen molar-refractivity contribution in [3.8, 4) is 11.5 Å². The number of hydrogen-bond acceptors (Lipinski definition) is 6. The number of phenols is 1. The molecule has 0 bridgehead atoms. The molecule has 4 fully saturated rings. The molecular weight excluding hydrogens is 896 g/mol. The molecule has 322 valence electrons. The number of halogens is 6. The van der Waals surface area contributed by atoms with Gasteiger partial charge in [0.2, 0.25) is 0 Å². The molecule has 2 saturated carbocycles. The van der Waals surface area contributed by atoms with E-state index in [0.29, 0.717) is 74.1 Å². The number of anilines is 4. The summed E-state index contributed by atoms with van der Waals surface area (Å²) < 4.78 is 30.3. The Hall–Kier alpha value is -5.60. The zero-order valence-electron chi connectivity index (χ0n) is 32.9. The number of urea groups is 2. The Morgan fingerprint density at radius 2 is 0.825 bits per heavy atom. The minimum atomic E-state index is -3.02. The Morgan fingerprint density at radius 1 is 0.492 bits per heavy atom. The highest BCUT2D eigenvalue weighted by molar-refractivity contribution is 6.31. The number of alkyl halides is 2. The van der Waals surface area contributed by atoms with Gasteiger partial charge in [0.05, 0.1) is 0 Å². The second-order valence-corrected chi connectivity index (χ2v) is 17.4. The molecule has 3 N–H and O–H groups in total. The fourth-order valence-electron chi connectivity index (χ4n) is 9.03. The van der Waals surface area contributed by atoms with Crippen molar-refractivity contribution in [2.24, 2.45) is 0 Å². The minimum absolute atomic E-state index is 0.0187. The normalized spacial score (nSPS) is 21.6. The SMILES string of the molecule is O=C1N(c2ccc(Cl)cc2)C2(CC2)C(O)(c2cccc(O)c2)N1c1ccc(Cl)cc1.O=C1N(c2ccc(Cl)cc2)C2(CC2)C(O)(c2cccc(OC(F)F)c2)N1c1ccc(Cl)cc1. The summed E-state index contributed by atoms with van der Waals surface area (Å²) >= 11 is 24.2. The molecule has 2 saturated heterocycles. The van der Waals surface area contributed by atoms with Crippen LogP contribution in [0.5, 0.6) is 11.5 Å². The van der Waals surface area contributed by atoms with Crippen molar-refractivity contribution in [1.82, 2.24) is 0 Å². The number of benzene rings is 6. The van der Waals surface area contributed by atoms with Crippen LogP contribution >= 0.6 is 46.4 Å². The summed E-state index contributed by atoms with van der Waals surface area (Å²) in [5, 5.41) is 36.7. The van der Waals surface area contributed by atoms with Gasteiger partial charge in [-0.2, -0.15) is 8.78 Å². The number of hydrogen-bond donors (Lipinski definition) is 3. The van der Waals surface area contributed by atoms with E-state index in [-0.39, 0.29) is 23.1 Å². The van der Waals surface area contributed by atoms with E-state index in [1.54, 1.807) is 125 Å². The zero-order chi connectivity index (χ0) is 44.5. The highest BCUT2D eigenvalue weighted by Crippen LogP contribution is 2.64. The van der Waals surface area contributed by atoms with Gasteiger partial charge < -0.3 is 20.1 Å². The monoisotopic (exact) mass is 930 g/mol. The maximum atomic E-state index is 13.9. The summed E-state index contributed by atoms with van der Waals surface area (Å²) in [4.78, 5) is 33.5. The van der Waals surface area contributed by atoms with Gasteiger partial charge in [-0.3, -0.25) is 19.6 Å². The Labute approximate surface area is 380 Å². The molecule has 2 unspecified atom stereocenters. The summed E-state index contributed by atoms with van der Waals surface area (Å²) in [6.45, 7) is -3.02. The second-order valence-electron chi connectivity index (χ2n) is 15.7. The Bertz CT molecular complexity index is 2710. The van der Waals surface area contributed by atoms with E-state index in [4.69, 9.17) is 46.4 Å². The Balaban J connectivity index is 0.000000161. The highest BCUT2D eigenvalue weighted by atomic mass is 35.5. The fourth-order valence-corrected chi connectivity index (χ4v) is 9.53. The van der Waals surface area contributed by atoms with Crippen LogP contribution in [0.4, 0.5) is 41.1 Å². The third-order valence-electron chi connectivity index (χ3n) is 12.1. The molecule has 4 amide bonds. The molecule has 2 aliphatic heterocycles. The predicted octanol–water partition coefficient (Wildman–Crippen LogP) is 11.9. The number of phenolic OH excluding ortho intramolecular Hbond substituents is 1. The molecule has 10 rings (SSSR count). The number of aliphatic hydroxyl groups is 2. The van der Waals surface area contributed by atoms with E-state index >= 15 is 0 Å². The van der Waals surface area contributed by atoms with Crippen LogP contribution in [0.2, 0.25) is 20.1 Å². The summed E-state index contributed by atoms with van der Waals surface area (Å²) in [6, 6.07) is 38.4. The van der Waals surface area contributed by atoms with Crippen molar-refractivity contribution < 1.29 is 38.4 Å². The molecule has 16 heteroatoms. The average Bonchev–Trinajstić information content (AvgIpc) is 4.20. The Kier molecular flexibility index (Phi) is 10.8. The fraction of sp³-hybridized carbons (Fsp3) is 0.191. The molecule has 6 aromatic carbocycles. The van der Waals surface area contributed by atoms with Crippen LogP contribution in [0.3, 0.4) is 0 Å². The van der Waals surface area contributed by atoms with Gasteiger partial charge in [-0.15, -0.1) is 0 Å². The van der Waals surface area contributed by atoms with Crippen molar-refractivity contribution in [1.29, 1.82) is 0 Å². The van der Waals surface area contributed by atoms with Crippen LogP contribution in [-0.4, -0.2) is 45.1 Å². The number of carbonyl (C=O) groups is 2. The van der Waals surface area contributed by atoms with Crippen LogP contribution in [0.1, 0.15) is 36.8 Å². The molecule has 63 heavy (non-hydrogen) atoms. The number of rotatable bonds is 8. The molecule has 0 aromatic heterocycles. The standard InChI is InChI=1S/C24H18Cl2F2N2O3.C23H18Cl2N2O3/c25-16-4-8-18(9-5-16)29-22(31)30(19-10-6-17(26)7-11-19)24(32,23(29)12-13-23)15-2-1-3-20(14-15)33-21(27)28;24-16-4-8-18(9-5-16)26-21(29)27(19-10-6-17(25)7-11-19)23(30,22(26)12-13-22)15-2-1-3-20(28)14-15/h1-11,14,21,32H,12-13H2;1-11,14,28,30H,12-13H2. The van der Waals surface area contributed by atoms with Crippen molar-refractivity contribution in [3.05, 3.63) is 177 Å². The number of nitrogens with zero attached hydrogens (tertiary/aromatic N) is 4. The number of ether oxygens (including phenoxy) is 1. The number of aromatic hydroxyl groups is 1. The topological polar surface area (TPSA) is 117 Å². The maximum Gasteiger partial charge on any atom is 0.387 e. The van der Waals surface area contributed by atoms with Crippen LogP contribution in [0.25, 0.3) is 0 Å². The molecule has 2 spiro atoms. The quantitative estimate of drug-likeness (QED) is 0.140. The first kappa shape index (κ1) is 42.7. The number of carbonyl (C=O) groups excluding carboxylic acids is 2. The van der Waals surface area contributed by atoms with E-state index in [0.717, 1.165) is 0 Å². The zero-order valence-corrected chi connectivity index (χ0v) is 35.9. The van der Waals surface area contributed by atoms with Gasteiger partial charge in [-0.05, 0) is 147 Å². The molecule has 6 aromatic rings. The van der Waals surface area contributed by atoms with Crippen LogP contribution in [-0.2, 0) is 11.4 Å². The first-order valence-electron chi connectivity index (χ1n) is 19.7. The van der Waals surface area contributed by atoms with Crippen molar-refractivity contribution >= 4 is 81.2 Å². The second kappa shape index (κ2) is 15.9. The minimum Gasteiger partial charge on any atom is -0.508 e. The first-order chi connectivity index (χ1) is 30.1. The summed E-state index contributed by atoms with van der Waals surface area (Å²) in [7, 11) is 0. The summed E-state index contributed by atoms with van der Waals surface area (Å²) in [5.41, 5.74) is -2.58. The summed E-state index contributed by atoms with van der Waals surface area (Å²) in [5.74, 6) is -0.0923. The van der Waals surface area contributed by atoms with Gasteiger partial charge in [0.1, 0.15) is 22.6 Å². The van der Waals surface area contributed by atoms with Crippen LogP contribution in [0.15, 0.2) is 146 Å². The van der Waals surface area contributed by atoms with E-state index < -0.39 is 35.2 Å². The lowest BCUT2D eigenvalue weighted by molar-refractivity contribution is -0.0503. The summed E-state index contributed by atoms with van der Waals surface area (Å²) in [6.07, 6.45) is 2.22. The van der Waals surface area contributed by atoms with Crippen molar-refractivity contribution in [2.75, 3.05) is 19.6 Å². The number of amides is 4. The molecule has 10 nitrogen and oxygen atoms in total. The Morgan fingerprint density at radius 3 is 1.16 bits per heavy atom. The van der Waals surface area contributed by atoms with Crippen LogP contribution < -0.4 is 24.3 Å². The molecule has 2 atom stereocenters. The molecule has 0 radical (unpaired) electrons. The lowest BCUT2D eigenvalue weighted by Gasteiger charge is -2.37. The van der Waals surface area contributed by atoms with E-state index in [1.165, 1.54) is 40.1 Å². The van der Waals surface area contributed by atoms with E-state index in [1.807, 2.05) is 0 Å². The van der Waals surface area contributed by atoms with Gasteiger partial charge in [0, 0.05) is 54.0 Å². The molecular formula is C47H36Cl4F2N4O6. The predicted molar refractivity (Wildman–Crippen MR) is 239 cm³/mol. The first-order valence-corrected chi connectivity index (χ1v) is 21.2. The van der Waals surface area contributed by atoms with E-state index in [2.05, 4.69) is 4.74 Å². The van der Waals surface area contributed by atoms with Gasteiger partial charge in [-0.25, -0.2) is 9.59 Å². The maximum absolute atomic E-state index is 13.9. The van der Waals surface area contributed by atoms with Gasteiger partial charge in [0.15, 0.2) is 11.4 Å². The third-order valence-corrected chi connectivity index (χ3v) is 13.1. The average molecular weight is 933 g/mol. The molecule has 2 heterocycles. The molecule has 4 aliphatic rings. The smallest absolute Gasteiger partial charge is 0.387 e. The van der Waals surface area contributed by atoms with Crippen molar-refractivity contribution in [3.63, 3.8) is 0 Å². The molecule has 2 aliphatic carbocycles. The van der Waals surface area contributed by atoms with Gasteiger partial charge in [0.25, 0.3) is 0 Å². The third kappa shape index (κ3) is 7.00. The lowest BCUT2D eigenvalue weighted by Crippen LogP contribution is -2.51. The van der Waals surface area contributed by atoms with Gasteiger partial charge in [-0.1, -0.05) is 70.7 Å². The van der Waals surface area contributed by atoms with E-state index in [9.17, 15) is 33.7 Å². The highest BCUT2D eigenvalue weighted by Gasteiger charge is 2.75. The largest absolute Gasteiger partial charge is 0.508 e. The lowest BCUT2D eigenvalue weighted by atomic mass is 9.91. The van der Waals surface area contributed by atoms with Gasteiger partial charge >= 0.3 is 18.7 Å². The van der Waals surface area contributed by atoms with Crippen molar-refractivity contribution in [2.45, 2.75) is 54.8 Å². The van der Waals surface area contributed by atoms with Crippen LogP contribution in [0, 0.1) is 0 Å².